The van der Waals surface area contributed by atoms with Crippen molar-refractivity contribution in [3.8, 4) is 0 Å². The van der Waals surface area contributed by atoms with Gasteiger partial charge in [0.1, 0.15) is 6.26 Å². The van der Waals surface area contributed by atoms with Crippen molar-refractivity contribution in [2.24, 2.45) is 5.90 Å². The zero-order chi connectivity index (χ0) is 8.53. The minimum absolute atomic E-state index is 0.114. The SMILES string of the molecule is C/C(=C\CO)CC/C=C/ON. The summed E-state index contributed by atoms with van der Waals surface area (Å²) in [6.45, 7) is 2.09. The molecular weight excluding hydrogens is 142 g/mol. The van der Waals surface area contributed by atoms with Gasteiger partial charge >= 0.3 is 0 Å². The van der Waals surface area contributed by atoms with Crippen LogP contribution in [0.5, 0.6) is 0 Å². The second-order valence-corrected chi connectivity index (χ2v) is 2.28. The van der Waals surface area contributed by atoms with E-state index in [1.807, 2.05) is 13.0 Å². The molecule has 3 N–H and O–H groups in total. The van der Waals surface area contributed by atoms with Crippen molar-refractivity contribution in [1.82, 2.24) is 0 Å². The molecule has 11 heavy (non-hydrogen) atoms. The molecule has 3 heteroatoms. The number of aliphatic hydroxyl groups excluding tert-OH is 1. The fourth-order valence-corrected chi connectivity index (χ4v) is 0.693. The van der Waals surface area contributed by atoms with Gasteiger partial charge in [-0.15, -0.1) is 0 Å². The third kappa shape index (κ3) is 7.09. The highest BCUT2D eigenvalue weighted by molar-refractivity contribution is 4.99. The molecule has 0 aliphatic carbocycles. The highest BCUT2D eigenvalue weighted by atomic mass is 16.6. The lowest BCUT2D eigenvalue weighted by Crippen LogP contribution is -1.87. The van der Waals surface area contributed by atoms with E-state index in [9.17, 15) is 0 Å². The lowest BCUT2D eigenvalue weighted by atomic mass is 10.1. The van der Waals surface area contributed by atoms with E-state index in [0.29, 0.717) is 0 Å². The van der Waals surface area contributed by atoms with Crippen LogP contribution < -0.4 is 5.90 Å². The molecular formula is C8H15NO2. The minimum Gasteiger partial charge on any atom is -0.420 e. The average Bonchev–Trinajstić information content (AvgIpc) is 1.99. The van der Waals surface area contributed by atoms with Crippen molar-refractivity contribution >= 4 is 0 Å². The molecule has 0 aromatic rings. The molecule has 64 valence electrons. The first-order valence-corrected chi connectivity index (χ1v) is 3.58. The highest BCUT2D eigenvalue weighted by Crippen LogP contribution is 2.03. The summed E-state index contributed by atoms with van der Waals surface area (Å²) in [6.07, 6.45) is 6.90. The lowest BCUT2D eigenvalue weighted by molar-refractivity contribution is 0.260. The second-order valence-electron chi connectivity index (χ2n) is 2.28. The molecule has 0 aromatic carbocycles. The molecule has 0 aromatic heterocycles. The molecule has 0 amide bonds. The zero-order valence-corrected chi connectivity index (χ0v) is 6.79. The Morgan fingerprint density at radius 1 is 1.64 bits per heavy atom. The quantitative estimate of drug-likeness (QED) is 0.357. The molecule has 0 atom stereocenters. The third-order valence-electron chi connectivity index (χ3n) is 1.32. The summed E-state index contributed by atoms with van der Waals surface area (Å²) in [4.78, 5) is 4.23. The van der Waals surface area contributed by atoms with Crippen molar-refractivity contribution in [3.05, 3.63) is 24.0 Å². The van der Waals surface area contributed by atoms with Crippen LogP contribution in [-0.2, 0) is 4.84 Å². The van der Waals surface area contributed by atoms with E-state index in [4.69, 9.17) is 11.0 Å². The van der Waals surface area contributed by atoms with E-state index in [1.165, 1.54) is 11.8 Å². The summed E-state index contributed by atoms with van der Waals surface area (Å²) in [5.41, 5.74) is 1.18. The van der Waals surface area contributed by atoms with Crippen LogP contribution in [0.25, 0.3) is 0 Å². The molecule has 0 bridgehead atoms. The van der Waals surface area contributed by atoms with Crippen LogP contribution in [0.4, 0.5) is 0 Å². The van der Waals surface area contributed by atoms with Crippen LogP contribution >= 0.6 is 0 Å². The Bertz CT molecular complexity index is 141. The standard InChI is InChI=1S/C8H15NO2/c1-8(5-6-10)4-2-3-7-11-9/h3,5,7,10H,2,4,6,9H2,1H3/b7-3+,8-5+. The minimum atomic E-state index is 0.114. The normalized spacial score (nSPS) is 12.5. The molecule has 0 aliphatic heterocycles. The van der Waals surface area contributed by atoms with Crippen molar-refractivity contribution in [2.45, 2.75) is 19.8 Å². The molecule has 0 heterocycles. The van der Waals surface area contributed by atoms with Gasteiger partial charge in [-0.1, -0.05) is 11.6 Å². The van der Waals surface area contributed by atoms with Crippen molar-refractivity contribution in [1.29, 1.82) is 0 Å². The van der Waals surface area contributed by atoms with E-state index in [2.05, 4.69) is 4.84 Å². The number of hydrogen-bond acceptors (Lipinski definition) is 3. The Hall–Kier alpha value is -0.800. The summed E-state index contributed by atoms with van der Waals surface area (Å²) in [5, 5.41) is 8.50. The number of nitrogens with two attached hydrogens (primary N) is 1. The van der Waals surface area contributed by atoms with Crippen LogP contribution in [0.1, 0.15) is 19.8 Å². The van der Waals surface area contributed by atoms with E-state index in [0.717, 1.165) is 12.8 Å². The third-order valence-corrected chi connectivity index (χ3v) is 1.32. The zero-order valence-electron chi connectivity index (χ0n) is 6.79. The molecule has 0 radical (unpaired) electrons. The Kier molecular flexibility index (Phi) is 6.78. The number of allylic oxidation sites excluding steroid dienone is 2. The van der Waals surface area contributed by atoms with Gasteiger partial charge in [-0.25, -0.2) is 0 Å². The number of aliphatic hydroxyl groups is 1. The van der Waals surface area contributed by atoms with Crippen molar-refractivity contribution < 1.29 is 9.94 Å². The Balaban J connectivity index is 3.38. The van der Waals surface area contributed by atoms with Crippen molar-refractivity contribution in [3.63, 3.8) is 0 Å². The summed E-state index contributed by atoms with van der Waals surface area (Å²) >= 11 is 0. The molecule has 0 saturated carbocycles. The predicted molar refractivity (Wildman–Crippen MR) is 44.5 cm³/mol. The fourth-order valence-electron chi connectivity index (χ4n) is 0.693. The van der Waals surface area contributed by atoms with Gasteiger partial charge in [-0.05, 0) is 25.8 Å². The summed E-state index contributed by atoms with van der Waals surface area (Å²) in [5.74, 6) is 4.76. The van der Waals surface area contributed by atoms with E-state index < -0.39 is 0 Å². The van der Waals surface area contributed by atoms with Gasteiger partial charge in [0.25, 0.3) is 0 Å². The Morgan fingerprint density at radius 2 is 2.36 bits per heavy atom. The maximum Gasteiger partial charge on any atom is 0.106 e. The first-order valence-electron chi connectivity index (χ1n) is 3.58. The van der Waals surface area contributed by atoms with Gasteiger partial charge in [-0.3, -0.25) is 0 Å². The Morgan fingerprint density at radius 3 is 2.91 bits per heavy atom. The van der Waals surface area contributed by atoms with Gasteiger partial charge in [0.05, 0.1) is 6.61 Å². The average molecular weight is 157 g/mol. The summed E-state index contributed by atoms with van der Waals surface area (Å²) < 4.78 is 0. The van der Waals surface area contributed by atoms with E-state index in [-0.39, 0.29) is 6.61 Å². The van der Waals surface area contributed by atoms with Crippen LogP contribution in [-0.4, -0.2) is 11.7 Å². The van der Waals surface area contributed by atoms with E-state index >= 15 is 0 Å². The first-order chi connectivity index (χ1) is 5.31. The molecule has 0 fully saturated rings. The smallest absolute Gasteiger partial charge is 0.106 e. The lowest BCUT2D eigenvalue weighted by Gasteiger charge is -1.95. The second kappa shape index (κ2) is 7.31. The molecule has 0 aliphatic rings. The van der Waals surface area contributed by atoms with E-state index in [1.54, 1.807) is 6.08 Å². The predicted octanol–water partition coefficient (Wildman–Crippen LogP) is 1.11. The summed E-state index contributed by atoms with van der Waals surface area (Å²) in [7, 11) is 0. The molecule has 0 saturated heterocycles. The van der Waals surface area contributed by atoms with Gasteiger partial charge in [0, 0.05) is 0 Å². The van der Waals surface area contributed by atoms with Crippen LogP contribution in [0, 0.1) is 0 Å². The van der Waals surface area contributed by atoms with Crippen LogP contribution in [0.3, 0.4) is 0 Å². The topological polar surface area (TPSA) is 55.5 Å². The highest BCUT2D eigenvalue weighted by Gasteiger charge is 1.85. The molecule has 0 unspecified atom stereocenters. The maximum atomic E-state index is 8.50. The van der Waals surface area contributed by atoms with Gasteiger partial charge in [0.15, 0.2) is 0 Å². The molecule has 3 nitrogen and oxygen atoms in total. The van der Waals surface area contributed by atoms with Crippen molar-refractivity contribution in [2.75, 3.05) is 6.61 Å². The van der Waals surface area contributed by atoms with Gasteiger partial charge in [-0.2, -0.15) is 5.90 Å². The number of hydrogen-bond donors (Lipinski definition) is 2. The molecule has 0 rings (SSSR count). The fraction of sp³-hybridized carbons (Fsp3) is 0.500. The first kappa shape index (κ1) is 10.2. The number of rotatable bonds is 5. The maximum absolute atomic E-state index is 8.50. The van der Waals surface area contributed by atoms with Crippen LogP contribution in [0.2, 0.25) is 0 Å². The van der Waals surface area contributed by atoms with Gasteiger partial charge in [0.2, 0.25) is 0 Å². The van der Waals surface area contributed by atoms with Gasteiger partial charge < -0.3 is 9.94 Å². The monoisotopic (exact) mass is 157 g/mol. The Labute approximate surface area is 67.1 Å². The summed E-state index contributed by atoms with van der Waals surface area (Å²) in [6, 6.07) is 0. The molecule has 0 spiro atoms. The van der Waals surface area contributed by atoms with Crippen LogP contribution in [0.15, 0.2) is 24.0 Å². The largest absolute Gasteiger partial charge is 0.420 e.